The molecule has 0 unspecified atom stereocenters. The fourth-order valence-corrected chi connectivity index (χ4v) is 3.26. The van der Waals surface area contributed by atoms with Crippen molar-refractivity contribution in [3.8, 4) is 34.8 Å². The first-order chi connectivity index (χ1) is 15.7. The SMILES string of the molecule is CCCCCCC#Cc1ccc(C#Cc2ccc(-c3ccc(N=C=S)c(F)c3)cc2)cc1. The van der Waals surface area contributed by atoms with Crippen LogP contribution in [0.15, 0.2) is 71.7 Å². The number of hydrogen-bond acceptors (Lipinski definition) is 2. The minimum Gasteiger partial charge on any atom is -0.205 e. The zero-order valence-electron chi connectivity index (χ0n) is 18.1. The molecular formula is C29H24FNS. The third kappa shape index (κ3) is 7.04. The van der Waals surface area contributed by atoms with Gasteiger partial charge in [-0.3, -0.25) is 0 Å². The largest absolute Gasteiger partial charge is 0.205 e. The molecule has 3 aromatic carbocycles. The number of aliphatic imine (C=N–C) groups is 1. The molecule has 0 saturated heterocycles. The van der Waals surface area contributed by atoms with E-state index in [2.05, 4.69) is 53.0 Å². The summed E-state index contributed by atoms with van der Waals surface area (Å²) in [6, 6.07) is 20.6. The van der Waals surface area contributed by atoms with Crippen LogP contribution in [0.2, 0.25) is 0 Å². The first kappa shape index (κ1) is 23.2. The maximum Gasteiger partial charge on any atom is 0.150 e. The van der Waals surface area contributed by atoms with Gasteiger partial charge in [0, 0.05) is 23.1 Å². The van der Waals surface area contributed by atoms with Crippen molar-refractivity contribution in [3.63, 3.8) is 0 Å². The van der Waals surface area contributed by atoms with Gasteiger partial charge in [0.2, 0.25) is 0 Å². The molecule has 0 saturated carbocycles. The van der Waals surface area contributed by atoms with E-state index >= 15 is 0 Å². The van der Waals surface area contributed by atoms with Gasteiger partial charge in [-0.15, -0.1) is 0 Å². The molecule has 158 valence electrons. The Balaban J connectivity index is 1.62. The fourth-order valence-electron chi connectivity index (χ4n) is 3.16. The van der Waals surface area contributed by atoms with Gasteiger partial charge < -0.3 is 0 Å². The highest BCUT2D eigenvalue weighted by atomic mass is 32.1. The quantitative estimate of drug-likeness (QED) is 0.165. The van der Waals surface area contributed by atoms with Crippen molar-refractivity contribution < 1.29 is 4.39 Å². The molecule has 0 fully saturated rings. The van der Waals surface area contributed by atoms with Crippen molar-refractivity contribution in [1.29, 1.82) is 0 Å². The van der Waals surface area contributed by atoms with E-state index in [4.69, 9.17) is 0 Å². The fraction of sp³-hybridized carbons (Fsp3) is 0.207. The zero-order chi connectivity index (χ0) is 22.6. The average Bonchev–Trinajstić information content (AvgIpc) is 2.82. The van der Waals surface area contributed by atoms with E-state index in [1.165, 1.54) is 31.7 Å². The Hall–Kier alpha value is -3.49. The molecule has 3 heteroatoms. The van der Waals surface area contributed by atoms with E-state index in [-0.39, 0.29) is 5.69 Å². The normalized spacial score (nSPS) is 9.69. The second-order valence-corrected chi connectivity index (χ2v) is 7.57. The molecule has 0 aromatic heterocycles. The van der Waals surface area contributed by atoms with Gasteiger partial charge in [-0.1, -0.05) is 68.1 Å². The van der Waals surface area contributed by atoms with Crippen LogP contribution in [0.4, 0.5) is 10.1 Å². The van der Waals surface area contributed by atoms with Crippen LogP contribution in [-0.2, 0) is 0 Å². The molecule has 0 N–H and O–H groups in total. The molecular weight excluding hydrogens is 413 g/mol. The summed E-state index contributed by atoms with van der Waals surface area (Å²) in [7, 11) is 0. The van der Waals surface area contributed by atoms with E-state index in [1.807, 2.05) is 54.6 Å². The first-order valence-electron chi connectivity index (χ1n) is 10.8. The second kappa shape index (κ2) is 12.4. The summed E-state index contributed by atoms with van der Waals surface area (Å²) in [4.78, 5) is 3.71. The van der Waals surface area contributed by atoms with E-state index in [9.17, 15) is 4.39 Å². The van der Waals surface area contributed by atoms with Crippen molar-refractivity contribution in [1.82, 2.24) is 0 Å². The maximum absolute atomic E-state index is 14.1. The van der Waals surface area contributed by atoms with E-state index < -0.39 is 5.82 Å². The molecule has 0 heterocycles. The Morgan fingerprint density at radius 3 is 1.94 bits per heavy atom. The number of benzene rings is 3. The van der Waals surface area contributed by atoms with Gasteiger partial charge in [0.15, 0.2) is 0 Å². The minimum absolute atomic E-state index is 0.190. The van der Waals surface area contributed by atoms with Gasteiger partial charge in [-0.05, 0) is 78.3 Å². The van der Waals surface area contributed by atoms with Crippen LogP contribution in [0, 0.1) is 29.5 Å². The van der Waals surface area contributed by atoms with Crippen LogP contribution >= 0.6 is 12.2 Å². The highest BCUT2D eigenvalue weighted by Crippen LogP contribution is 2.26. The van der Waals surface area contributed by atoms with Gasteiger partial charge in [0.1, 0.15) is 11.5 Å². The summed E-state index contributed by atoms with van der Waals surface area (Å²) in [6.07, 6.45) is 5.92. The van der Waals surface area contributed by atoms with Gasteiger partial charge in [0.25, 0.3) is 0 Å². The van der Waals surface area contributed by atoms with Crippen LogP contribution in [0.3, 0.4) is 0 Å². The zero-order valence-corrected chi connectivity index (χ0v) is 18.9. The van der Waals surface area contributed by atoms with Crippen molar-refractivity contribution in [2.45, 2.75) is 39.0 Å². The summed E-state index contributed by atoms with van der Waals surface area (Å²) >= 11 is 4.53. The highest BCUT2D eigenvalue weighted by Gasteiger charge is 2.04. The molecule has 3 aromatic rings. The van der Waals surface area contributed by atoms with Gasteiger partial charge >= 0.3 is 0 Å². The molecule has 0 amide bonds. The lowest BCUT2D eigenvalue weighted by Gasteiger charge is -2.03. The van der Waals surface area contributed by atoms with Crippen molar-refractivity contribution in [3.05, 3.63) is 89.2 Å². The molecule has 0 atom stereocenters. The first-order valence-corrected chi connectivity index (χ1v) is 11.2. The number of unbranched alkanes of at least 4 members (excludes halogenated alkanes) is 4. The Kier molecular flexibility index (Phi) is 8.97. The number of isothiocyanates is 1. The standard InChI is InChI=1S/C29H24FNS/c1-2-3-4-5-6-7-8-23-9-11-24(12-10-23)13-14-25-15-17-26(18-16-25)27-19-20-29(31-22-32)28(30)21-27/h9-12,15-21H,2-6H2,1H3. The highest BCUT2D eigenvalue weighted by molar-refractivity contribution is 7.78. The Labute approximate surface area is 195 Å². The van der Waals surface area contributed by atoms with Gasteiger partial charge in [0.05, 0.1) is 5.16 Å². The summed E-state index contributed by atoms with van der Waals surface area (Å²) in [6.45, 7) is 2.22. The smallest absolute Gasteiger partial charge is 0.150 e. The van der Waals surface area contributed by atoms with Crippen LogP contribution in [0.1, 0.15) is 55.7 Å². The molecule has 0 spiro atoms. The van der Waals surface area contributed by atoms with Crippen molar-refractivity contribution in [2.24, 2.45) is 4.99 Å². The van der Waals surface area contributed by atoms with Crippen LogP contribution in [-0.4, -0.2) is 5.16 Å². The van der Waals surface area contributed by atoms with Crippen LogP contribution in [0.25, 0.3) is 11.1 Å². The number of nitrogens with zero attached hydrogens (tertiary/aromatic N) is 1. The van der Waals surface area contributed by atoms with Gasteiger partial charge in [-0.2, -0.15) is 4.99 Å². The Morgan fingerprint density at radius 2 is 1.34 bits per heavy atom. The summed E-state index contributed by atoms with van der Waals surface area (Å²) < 4.78 is 14.1. The molecule has 3 rings (SSSR count). The molecule has 0 radical (unpaired) electrons. The van der Waals surface area contributed by atoms with E-state index in [0.29, 0.717) is 0 Å². The summed E-state index contributed by atoms with van der Waals surface area (Å²) in [5, 5.41) is 2.19. The number of hydrogen-bond donors (Lipinski definition) is 0. The molecule has 0 aliphatic rings. The third-order valence-corrected chi connectivity index (χ3v) is 5.05. The number of rotatable bonds is 6. The predicted octanol–water partition coefficient (Wildman–Crippen LogP) is 7.95. The average molecular weight is 438 g/mol. The lowest BCUT2D eigenvalue weighted by atomic mass is 10.0. The van der Waals surface area contributed by atoms with E-state index in [0.717, 1.165) is 34.2 Å². The number of halogens is 1. The predicted molar refractivity (Wildman–Crippen MR) is 135 cm³/mol. The lowest BCUT2D eigenvalue weighted by Crippen LogP contribution is -1.83. The minimum atomic E-state index is -0.423. The van der Waals surface area contributed by atoms with Crippen molar-refractivity contribution in [2.75, 3.05) is 0 Å². The van der Waals surface area contributed by atoms with Crippen LogP contribution in [0.5, 0.6) is 0 Å². The third-order valence-electron chi connectivity index (χ3n) is 4.96. The van der Waals surface area contributed by atoms with Gasteiger partial charge in [-0.25, -0.2) is 4.39 Å². The Morgan fingerprint density at radius 1 is 0.750 bits per heavy atom. The topological polar surface area (TPSA) is 12.4 Å². The molecule has 32 heavy (non-hydrogen) atoms. The summed E-state index contributed by atoms with van der Waals surface area (Å²) in [5.74, 6) is 12.4. The summed E-state index contributed by atoms with van der Waals surface area (Å²) in [5.41, 5.74) is 4.73. The molecule has 0 bridgehead atoms. The monoisotopic (exact) mass is 437 g/mol. The van der Waals surface area contributed by atoms with Crippen LogP contribution < -0.4 is 0 Å². The molecule has 0 aliphatic heterocycles. The second-order valence-electron chi connectivity index (χ2n) is 7.39. The van der Waals surface area contributed by atoms with E-state index in [1.54, 1.807) is 6.07 Å². The number of thiocarbonyl (C=S) groups is 1. The lowest BCUT2D eigenvalue weighted by molar-refractivity contribution is 0.630. The molecule has 1 nitrogen and oxygen atoms in total. The van der Waals surface area contributed by atoms with Crippen molar-refractivity contribution >= 4 is 23.1 Å². The maximum atomic E-state index is 14.1. The Bertz CT molecular complexity index is 1210. The molecule has 0 aliphatic carbocycles.